The normalized spacial score (nSPS) is 10.9. The van der Waals surface area contributed by atoms with E-state index in [1.807, 2.05) is 50.2 Å². The highest BCUT2D eigenvalue weighted by Crippen LogP contribution is 2.22. The number of nitrogens with one attached hydrogen (secondary N) is 1. The molecule has 2 rings (SSSR count). The molecule has 1 N–H and O–H groups in total. The van der Waals surface area contributed by atoms with Gasteiger partial charge in [0.25, 0.3) is 0 Å². The fraction of sp³-hybridized carbons (Fsp3) is 0.133. The summed E-state index contributed by atoms with van der Waals surface area (Å²) in [7, 11) is 0. The molecule has 0 unspecified atom stereocenters. The second-order valence-electron chi connectivity index (χ2n) is 4.30. The maximum Gasteiger partial charge on any atom is 0.0930 e. The third-order valence-corrected chi connectivity index (χ3v) is 3.59. The number of anilines is 1. The van der Waals surface area contributed by atoms with E-state index >= 15 is 0 Å². The topological polar surface area (TPSA) is 24.4 Å². The molecule has 2 aromatic carbocycles. The summed E-state index contributed by atoms with van der Waals surface area (Å²) in [5.41, 5.74) is 3.83. The highest BCUT2D eigenvalue weighted by molar-refractivity contribution is 6.31. The lowest BCUT2D eigenvalue weighted by molar-refractivity contribution is 1.43. The molecule has 98 valence electrons. The van der Waals surface area contributed by atoms with Crippen LogP contribution in [-0.4, -0.2) is 6.34 Å². The molecule has 19 heavy (non-hydrogen) atoms. The Morgan fingerprint density at radius 1 is 0.947 bits per heavy atom. The first kappa shape index (κ1) is 13.9. The zero-order valence-corrected chi connectivity index (χ0v) is 12.3. The van der Waals surface area contributed by atoms with Crippen LogP contribution in [0.1, 0.15) is 11.1 Å². The fourth-order valence-corrected chi connectivity index (χ4v) is 1.87. The summed E-state index contributed by atoms with van der Waals surface area (Å²) in [4.78, 5) is 4.30. The Kier molecular flexibility index (Phi) is 4.46. The van der Waals surface area contributed by atoms with Gasteiger partial charge in [-0.2, -0.15) is 0 Å². The van der Waals surface area contributed by atoms with Gasteiger partial charge >= 0.3 is 0 Å². The summed E-state index contributed by atoms with van der Waals surface area (Å²) in [6, 6.07) is 11.4. The van der Waals surface area contributed by atoms with E-state index in [1.54, 1.807) is 6.34 Å². The van der Waals surface area contributed by atoms with Gasteiger partial charge < -0.3 is 5.32 Å². The van der Waals surface area contributed by atoms with Crippen molar-refractivity contribution in [2.75, 3.05) is 5.32 Å². The van der Waals surface area contributed by atoms with Crippen LogP contribution in [0.4, 0.5) is 11.4 Å². The first-order valence-electron chi connectivity index (χ1n) is 5.87. The SMILES string of the molecule is Cc1cc(NC=Nc2ccc(C)c(Cl)c2)ccc1Cl. The Balaban J connectivity index is 2.06. The summed E-state index contributed by atoms with van der Waals surface area (Å²) < 4.78 is 0. The Morgan fingerprint density at radius 2 is 1.74 bits per heavy atom. The molecule has 0 saturated heterocycles. The molecule has 0 atom stereocenters. The molecular formula is C15H14Cl2N2. The quantitative estimate of drug-likeness (QED) is 0.596. The van der Waals surface area contributed by atoms with Crippen molar-refractivity contribution in [3.05, 3.63) is 57.6 Å². The van der Waals surface area contributed by atoms with Crippen LogP contribution in [-0.2, 0) is 0 Å². The molecule has 2 aromatic rings. The third-order valence-electron chi connectivity index (χ3n) is 2.76. The van der Waals surface area contributed by atoms with Crippen molar-refractivity contribution < 1.29 is 0 Å². The summed E-state index contributed by atoms with van der Waals surface area (Å²) in [5.74, 6) is 0. The average Bonchev–Trinajstić information content (AvgIpc) is 2.38. The first-order chi connectivity index (χ1) is 9.06. The van der Waals surface area contributed by atoms with Gasteiger partial charge in [0.05, 0.1) is 12.0 Å². The predicted octanol–water partition coefficient (Wildman–Crippen LogP) is 5.38. The van der Waals surface area contributed by atoms with Crippen LogP contribution in [0.3, 0.4) is 0 Å². The van der Waals surface area contributed by atoms with Crippen molar-refractivity contribution in [3.8, 4) is 0 Å². The van der Waals surface area contributed by atoms with Crippen LogP contribution in [0.15, 0.2) is 41.4 Å². The van der Waals surface area contributed by atoms with Gasteiger partial charge in [-0.3, -0.25) is 0 Å². The van der Waals surface area contributed by atoms with E-state index in [-0.39, 0.29) is 0 Å². The number of hydrogen-bond acceptors (Lipinski definition) is 1. The molecule has 0 aromatic heterocycles. The minimum atomic E-state index is 0.719. The zero-order chi connectivity index (χ0) is 13.8. The third kappa shape index (κ3) is 3.72. The number of hydrogen-bond donors (Lipinski definition) is 1. The van der Waals surface area contributed by atoms with Crippen LogP contribution in [0.5, 0.6) is 0 Å². The summed E-state index contributed by atoms with van der Waals surface area (Å²) in [6.07, 6.45) is 1.64. The smallest absolute Gasteiger partial charge is 0.0930 e. The number of rotatable bonds is 3. The fourth-order valence-electron chi connectivity index (χ4n) is 1.58. The molecule has 0 heterocycles. The molecule has 0 spiro atoms. The van der Waals surface area contributed by atoms with Gasteiger partial charge in [-0.15, -0.1) is 0 Å². The molecule has 4 heteroatoms. The van der Waals surface area contributed by atoms with Crippen molar-refractivity contribution in [2.24, 2.45) is 4.99 Å². The lowest BCUT2D eigenvalue weighted by Gasteiger charge is -2.03. The van der Waals surface area contributed by atoms with Crippen LogP contribution < -0.4 is 5.32 Å². The molecule has 0 saturated carbocycles. The standard InChI is InChI=1S/C15H14Cl2N2/c1-10-3-4-13(8-15(10)17)19-9-18-12-5-6-14(16)11(2)7-12/h3-9H,1-2H3,(H,18,19). The van der Waals surface area contributed by atoms with E-state index in [2.05, 4.69) is 10.3 Å². The van der Waals surface area contributed by atoms with Crippen molar-refractivity contribution >= 4 is 40.9 Å². The number of nitrogens with zero attached hydrogens (tertiary/aromatic N) is 1. The number of benzene rings is 2. The molecule has 0 amide bonds. The summed E-state index contributed by atoms with van der Waals surface area (Å²) in [6.45, 7) is 3.93. The van der Waals surface area contributed by atoms with Crippen LogP contribution >= 0.6 is 23.2 Å². The highest BCUT2D eigenvalue weighted by Gasteiger charge is 1.97. The largest absolute Gasteiger partial charge is 0.346 e. The van der Waals surface area contributed by atoms with Crippen molar-refractivity contribution in [2.45, 2.75) is 13.8 Å². The molecule has 0 fully saturated rings. The summed E-state index contributed by atoms with van der Waals surface area (Å²) in [5, 5.41) is 4.58. The summed E-state index contributed by atoms with van der Waals surface area (Å²) >= 11 is 12.0. The predicted molar refractivity (Wildman–Crippen MR) is 84.2 cm³/mol. The first-order valence-corrected chi connectivity index (χ1v) is 6.63. The van der Waals surface area contributed by atoms with E-state index in [4.69, 9.17) is 23.2 Å². The van der Waals surface area contributed by atoms with Crippen LogP contribution in [0.25, 0.3) is 0 Å². The Labute approximate surface area is 123 Å². The Bertz CT molecular complexity index is 622. The highest BCUT2D eigenvalue weighted by atomic mass is 35.5. The van der Waals surface area contributed by atoms with Gasteiger partial charge in [0.1, 0.15) is 0 Å². The van der Waals surface area contributed by atoms with Gasteiger partial charge in [-0.05, 0) is 55.3 Å². The molecule has 0 aliphatic rings. The van der Waals surface area contributed by atoms with Crippen molar-refractivity contribution in [1.82, 2.24) is 0 Å². The molecule has 0 bridgehead atoms. The average molecular weight is 293 g/mol. The van der Waals surface area contributed by atoms with E-state index in [0.29, 0.717) is 0 Å². The maximum atomic E-state index is 6.04. The van der Waals surface area contributed by atoms with E-state index in [9.17, 15) is 0 Å². The molecule has 0 aliphatic heterocycles. The van der Waals surface area contributed by atoms with Crippen molar-refractivity contribution in [3.63, 3.8) is 0 Å². The number of halogens is 2. The lowest BCUT2D eigenvalue weighted by atomic mass is 10.2. The van der Waals surface area contributed by atoms with Gasteiger partial charge in [0, 0.05) is 15.7 Å². The van der Waals surface area contributed by atoms with Crippen LogP contribution in [0, 0.1) is 13.8 Å². The molecule has 0 radical (unpaired) electrons. The molecule has 0 aliphatic carbocycles. The van der Waals surface area contributed by atoms with Gasteiger partial charge in [-0.1, -0.05) is 29.3 Å². The molecule has 2 nitrogen and oxygen atoms in total. The number of aliphatic imine (C=N–C) groups is 1. The maximum absolute atomic E-state index is 6.04. The van der Waals surface area contributed by atoms with E-state index in [0.717, 1.165) is 32.5 Å². The van der Waals surface area contributed by atoms with E-state index in [1.165, 1.54) is 0 Å². The van der Waals surface area contributed by atoms with Crippen molar-refractivity contribution in [1.29, 1.82) is 0 Å². The second kappa shape index (κ2) is 6.09. The lowest BCUT2D eigenvalue weighted by Crippen LogP contribution is -1.94. The Morgan fingerprint density at radius 3 is 2.42 bits per heavy atom. The minimum absolute atomic E-state index is 0.719. The number of aryl methyl sites for hydroxylation is 2. The molecular weight excluding hydrogens is 279 g/mol. The van der Waals surface area contributed by atoms with Gasteiger partial charge in [0.2, 0.25) is 0 Å². The van der Waals surface area contributed by atoms with Crippen LogP contribution in [0.2, 0.25) is 10.0 Å². The van der Waals surface area contributed by atoms with Gasteiger partial charge in [-0.25, -0.2) is 4.99 Å². The second-order valence-corrected chi connectivity index (χ2v) is 5.11. The van der Waals surface area contributed by atoms with Gasteiger partial charge in [0.15, 0.2) is 0 Å². The van der Waals surface area contributed by atoms with E-state index < -0.39 is 0 Å². The minimum Gasteiger partial charge on any atom is -0.346 e. The zero-order valence-electron chi connectivity index (χ0n) is 10.7. The monoisotopic (exact) mass is 292 g/mol. The Hall–Kier alpha value is -1.51.